The Bertz CT molecular complexity index is 1630. The second-order valence-corrected chi connectivity index (χ2v) is 10.2. The molecule has 0 bridgehead atoms. The van der Waals surface area contributed by atoms with Gasteiger partial charge in [-0.2, -0.15) is 0 Å². The Kier molecular flexibility index (Phi) is 6.23. The molecule has 0 saturated carbocycles. The Morgan fingerprint density at radius 2 is 1.42 bits per heavy atom. The van der Waals surface area contributed by atoms with Crippen LogP contribution in [0.15, 0.2) is 120 Å². The molecular weight excluding hydrogens is 472 g/mol. The Hall–Kier alpha value is -4.49. The van der Waals surface area contributed by atoms with E-state index < -0.39 is 16.0 Å². The lowest BCUT2D eigenvalue weighted by atomic mass is 10.1. The van der Waals surface area contributed by atoms with Gasteiger partial charge in [-0.15, -0.1) is 0 Å². The van der Waals surface area contributed by atoms with E-state index in [4.69, 9.17) is 0 Å². The molecule has 0 spiro atoms. The number of carboxylic acid groups (broad SMARTS) is 1. The number of anilines is 1. The summed E-state index contributed by atoms with van der Waals surface area (Å²) >= 11 is 0. The van der Waals surface area contributed by atoms with Gasteiger partial charge in [0.2, 0.25) is 0 Å². The van der Waals surface area contributed by atoms with Crippen molar-refractivity contribution in [2.24, 2.45) is 0 Å². The third-order valence-corrected chi connectivity index (χ3v) is 7.71. The van der Waals surface area contributed by atoms with Crippen molar-refractivity contribution in [1.82, 2.24) is 4.98 Å². The molecule has 1 heterocycles. The zero-order valence-electron chi connectivity index (χ0n) is 19.2. The summed E-state index contributed by atoms with van der Waals surface area (Å²) in [6, 6.07) is 31.8. The van der Waals surface area contributed by atoms with Gasteiger partial charge in [0.1, 0.15) is 0 Å². The van der Waals surface area contributed by atoms with E-state index in [9.17, 15) is 18.3 Å². The number of nitrogens with zero attached hydrogens (tertiary/aromatic N) is 2. The van der Waals surface area contributed by atoms with E-state index in [0.29, 0.717) is 11.3 Å². The Morgan fingerprint density at radius 1 is 0.778 bits per heavy atom. The van der Waals surface area contributed by atoms with Crippen LogP contribution in [0.2, 0.25) is 0 Å². The number of hydrogen-bond acceptors (Lipinski definition) is 4. The lowest BCUT2D eigenvalue weighted by Gasteiger charge is -2.25. The standard InChI is InChI=1S/C29H22N2O4S/c32-29(33)24-10-14-26(15-11-24)31(20-21-18-25-8-4-5-9-28(25)30-19-21)36(34,35)27-16-12-23(13-17-27)22-6-2-1-3-7-22/h1-19H,20H2,(H,32,33). The van der Waals surface area contributed by atoms with E-state index in [0.717, 1.165) is 22.0 Å². The van der Waals surface area contributed by atoms with Crippen LogP contribution in [0.5, 0.6) is 0 Å². The van der Waals surface area contributed by atoms with Crippen LogP contribution in [0.3, 0.4) is 0 Å². The predicted molar refractivity (Wildman–Crippen MR) is 140 cm³/mol. The zero-order valence-corrected chi connectivity index (χ0v) is 20.0. The summed E-state index contributed by atoms with van der Waals surface area (Å²) in [5, 5.41) is 10.2. The lowest BCUT2D eigenvalue weighted by molar-refractivity contribution is 0.0697. The van der Waals surface area contributed by atoms with Gasteiger partial charge in [0.15, 0.2) is 0 Å². The molecule has 36 heavy (non-hydrogen) atoms. The number of aromatic carboxylic acids is 1. The third kappa shape index (κ3) is 4.69. The number of hydrogen-bond donors (Lipinski definition) is 1. The fourth-order valence-electron chi connectivity index (χ4n) is 4.03. The first kappa shape index (κ1) is 23.3. The maximum absolute atomic E-state index is 13.9. The molecule has 5 aromatic rings. The highest BCUT2D eigenvalue weighted by Gasteiger charge is 2.26. The number of benzene rings is 4. The minimum Gasteiger partial charge on any atom is -0.478 e. The molecule has 178 valence electrons. The average Bonchev–Trinajstić information content (AvgIpc) is 2.92. The van der Waals surface area contributed by atoms with Crippen molar-refractivity contribution in [2.45, 2.75) is 11.4 Å². The first-order chi connectivity index (χ1) is 17.4. The van der Waals surface area contributed by atoms with Gasteiger partial charge in [-0.3, -0.25) is 9.29 Å². The summed E-state index contributed by atoms with van der Waals surface area (Å²) < 4.78 is 29.0. The molecule has 1 aromatic heterocycles. The van der Waals surface area contributed by atoms with Crippen LogP contribution in [-0.2, 0) is 16.6 Å². The van der Waals surface area contributed by atoms with Crippen molar-refractivity contribution in [2.75, 3.05) is 4.31 Å². The van der Waals surface area contributed by atoms with Gasteiger partial charge >= 0.3 is 5.97 Å². The van der Waals surface area contributed by atoms with Crippen molar-refractivity contribution in [3.63, 3.8) is 0 Å². The van der Waals surface area contributed by atoms with Gasteiger partial charge in [-0.25, -0.2) is 13.2 Å². The number of para-hydroxylation sites is 1. The van der Waals surface area contributed by atoms with Crippen LogP contribution in [-0.4, -0.2) is 24.5 Å². The van der Waals surface area contributed by atoms with E-state index in [1.807, 2.05) is 60.7 Å². The number of carbonyl (C=O) groups is 1. The molecule has 5 rings (SSSR count). The molecule has 7 heteroatoms. The Morgan fingerprint density at radius 3 is 2.11 bits per heavy atom. The summed E-state index contributed by atoms with van der Waals surface area (Å²) in [5.74, 6) is -1.08. The summed E-state index contributed by atoms with van der Waals surface area (Å²) in [6.45, 7) is 0.0347. The minimum absolute atomic E-state index is 0.0347. The molecule has 0 aliphatic carbocycles. The van der Waals surface area contributed by atoms with Crippen LogP contribution in [0.25, 0.3) is 22.0 Å². The SMILES string of the molecule is O=C(O)c1ccc(N(Cc2cnc3ccccc3c2)S(=O)(=O)c2ccc(-c3ccccc3)cc2)cc1. The maximum Gasteiger partial charge on any atom is 0.335 e. The van der Waals surface area contributed by atoms with Crippen LogP contribution >= 0.6 is 0 Å². The second-order valence-electron chi connectivity index (χ2n) is 8.29. The number of aromatic nitrogens is 1. The number of rotatable bonds is 7. The summed E-state index contributed by atoms with van der Waals surface area (Å²) in [6.07, 6.45) is 1.66. The van der Waals surface area contributed by atoms with Gasteiger partial charge < -0.3 is 5.11 Å². The summed E-state index contributed by atoms with van der Waals surface area (Å²) in [5.41, 5.74) is 3.87. The molecule has 0 aliphatic heterocycles. The maximum atomic E-state index is 13.9. The van der Waals surface area contributed by atoms with Crippen molar-refractivity contribution in [1.29, 1.82) is 0 Å². The molecule has 0 fully saturated rings. The minimum atomic E-state index is -3.98. The number of sulfonamides is 1. The Balaban J connectivity index is 1.55. The predicted octanol–water partition coefficient (Wildman–Crippen LogP) is 6.00. The third-order valence-electron chi connectivity index (χ3n) is 5.92. The van der Waals surface area contributed by atoms with E-state index in [-0.39, 0.29) is 17.0 Å². The topological polar surface area (TPSA) is 87.6 Å². The van der Waals surface area contributed by atoms with Crippen molar-refractivity contribution in [3.05, 3.63) is 127 Å². The zero-order chi connectivity index (χ0) is 25.1. The molecular formula is C29H22N2O4S. The highest BCUT2D eigenvalue weighted by molar-refractivity contribution is 7.92. The van der Waals surface area contributed by atoms with Crippen LogP contribution in [0, 0.1) is 0 Å². The highest BCUT2D eigenvalue weighted by Crippen LogP contribution is 2.29. The van der Waals surface area contributed by atoms with E-state index >= 15 is 0 Å². The average molecular weight is 495 g/mol. The molecule has 1 N–H and O–H groups in total. The smallest absolute Gasteiger partial charge is 0.335 e. The summed E-state index contributed by atoms with van der Waals surface area (Å²) in [7, 11) is -3.98. The highest BCUT2D eigenvalue weighted by atomic mass is 32.2. The van der Waals surface area contributed by atoms with Gasteiger partial charge in [0.05, 0.1) is 28.2 Å². The first-order valence-corrected chi connectivity index (χ1v) is 12.7. The molecule has 4 aromatic carbocycles. The number of fused-ring (bicyclic) bond motifs is 1. The van der Waals surface area contributed by atoms with Crippen molar-refractivity contribution < 1.29 is 18.3 Å². The number of carboxylic acids is 1. The monoisotopic (exact) mass is 494 g/mol. The van der Waals surface area contributed by atoms with E-state index in [1.54, 1.807) is 30.5 Å². The first-order valence-electron chi connectivity index (χ1n) is 11.3. The quantitative estimate of drug-likeness (QED) is 0.300. The second kappa shape index (κ2) is 9.64. The van der Waals surface area contributed by atoms with E-state index in [1.165, 1.54) is 28.6 Å². The number of pyridine rings is 1. The van der Waals surface area contributed by atoms with Crippen LogP contribution in [0.1, 0.15) is 15.9 Å². The Labute approximate surface area is 209 Å². The molecule has 0 saturated heterocycles. The fraction of sp³-hybridized carbons (Fsp3) is 0.0345. The van der Waals surface area contributed by atoms with Crippen molar-refractivity contribution >= 4 is 32.6 Å². The molecule has 0 radical (unpaired) electrons. The van der Waals surface area contributed by atoms with Gasteiger partial charge in [0, 0.05) is 11.6 Å². The molecule has 0 aliphatic rings. The fourth-order valence-corrected chi connectivity index (χ4v) is 5.48. The van der Waals surface area contributed by atoms with E-state index in [2.05, 4.69) is 4.98 Å². The van der Waals surface area contributed by atoms with Crippen molar-refractivity contribution in [3.8, 4) is 11.1 Å². The molecule has 0 atom stereocenters. The lowest BCUT2D eigenvalue weighted by Crippen LogP contribution is -2.30. The molecule has 0 amide bonds. The summed E-state index contributed by atoms with van der Waals surface area (Å²) in [4.78, 5) is 15.9. The largest absolute Gasteiger partial charge is 0.478 e. The van der Waals surface area contributed by atoms with Gasteiger partial charge in [-0.1, -0.05) is 60.7 Å². The van der Waals surface area contributed by atoms with Gasteiger partial charge in [0.25, 0.3) is 10.0 Å². The van der Waals surface area contributed by atoms with Crippen LogP contribution < -0.4 is 4.31 Å². The normalized spacial score (nSPS) is 11.3. The molecule has 0 unspecified atom stereocenters. The molecule has 6 nitrogen and oxygen atoms in total. The van der Waals surface area contributed by atoms with Gasteiger partial charge in [-0.05, 0) is 65.2 Å². The van der Waals surface area contributed by atoms with Crippen LogP contribution in [0.4, 0.5) is 5.69 Å².